The smallest absolute Gasteiger partial charge is 0.250 e. The topological polar surface area (TPSA) is 65.4 Å². The van der Waals surface area contributed by atoms with E-state index in [9.17, 15) is 10.1 Å². The molecule has 2 heterocycles. The molecule has 2 rings (SSSR count). The number of ether oxygens (including phenoxy) is 1. The van der Waals surface area contributed by atoms with E-state index in [0.717, 1.165) is 25.9 Å². The molecular weight excluding hydrogens is 218 g/mol. The zero-order valence-corrected chi connectivity index (χ0v) is 10.2. The molecule has 0 aromatic carbocycles. The van der Waals surface area contributed by atoms with Crippen LogP contribution in [0.15, 0.2) is 0 Å². The summed E-state index contributed by atoms with van der Waals surface area (Å²) >= 11 is 0. The first-order valence-electron chi connectivity index (χ1n) is 6.19. The van der Waals surface area contributed by atoms with Crippen molar-refractivity contribution in [3.63, 3.8) is 0 Å². The van der Waals surface area contributed by atoms with Crippen LogP contribution < -0.4 is 5.32 Å². The van der Waals surface area contributed by atoms with Gasteiger partial charge in [0.25, 0.3) is 0 Å². The molecule has 1 N–H and O–H groups in total. The lowest BCUT2D eigenvalue weighted by molar-refractivity contribution is -0.131. The average Bonchev–Trinajstić information content (AvgIpc) is 2.86. The van der Waals surface area contributed by atoms with Crippen LogP contribution in [0.25, 0.3) is 0 Å². The van der Waals surface area contributed by atoms with Crippen LogP contribution in [0.1, 0.15) is 25.7 Å². The summed E-state index contributed by atoms with van der Waals surface area (Å²) in [5, 5.41) is 12.2. The van der Waals surface area contributed by atoms with Crippen LogP contribution in [0.5, 0.6) is 0 Å². The summed E-state index contributed by atoms with van der Waals surface area (Å²) in [6, 6.07) is 2.28. The normalized spacial score (nSPS) is 28.6. The van der Waals surface area contributed by atoms with E-state index >= 15 is 0 Å². The number of hydrogen-bond acceptors (Lipinski definition) is 4. The first-order valence-corrected chi connectivity index (χ1v) is 6.19. The fraction of sp³-hybridized carbons (Fsp3) is 0.833. The number of nitrogens with one attached hydrogen (secondary N) is 1. The van der Waals surface area contributed by atoms with Crippen LogP contribution in [0.4, 0.5) is 0 Å². The fourth-order valence-corrected chi connectivity index (χ4v) is 2.37. The molecule has 1 amide bonds. The van der Waals surface area contributed by atoms with Gasteiger partial charge >= 0.3 is 0 Å². The number of nitriles is 1. The second-order valence-electron chi connectivity index (χ2n) is 4.99. The van der Waals surface area contributed by atoms with E-state index in [1.54, 1.807) is 0 Å². The van der Waals surface area contributed by atoms with Crippen LogP contribution in [0, 0.1) is 11.3 Å². The van der Waals surface area contributed by atoms with Crippen molar-refractivity contribution in [2.24, 2.45) is 0 Å². The Morgan fingerprint density at radius 1 is 1.53 bits per heavy atom. The highest BCUT2D eigenvalue weighted by Gasteiger charge is 2.37. The molecule has 1 unspecified atom stereocenters. The minimum absolute atomic E-state index is 0.117. The number of hydrogen-bond donors (Lipinski definition) is 1. The number of likely N-dealkylation sites (tertiary alicyclic amines) is 1. The second kappa shape index (κ2) is 5.03. The molecule has 0 bridgehead atoms. The maximum Gasteiger partial charge on any atom is 0.250 e. The van der Waals surface area contributed by atoms with Crippen molar-refractivity contribution in [2.75, 3.05) is 26.7 Å². The maximum absolute atomic E-state index is 12.0. The summed E-state index contributed by atoms with van der Waals surface area (Å²) in [7, 11) is 2.03. The van der Waals surface area contributed by atoms with Crippen molar-refractivity contribution < 1.29 is 9.53 Å². The Bertz CT molecular complexity index is 323. The highest BCUT2D eigenvalue weighted by atomic mass is 16.5. The van der Waals surface area contributed by atoms with Gasteiger partial charge in [-0.3, -0.25) is 4.79 Å². The molecule has 0 aromatic heterocycles. The van der Waals surface area contributed by atoms with E-state index in [1.165, 1.54) is 0 Å². The van der Waals surface area contributed by atoms with Crippen LogP contribution in [-0.4, -0.2) is 49.2 Å². The predicted octanol–water partition coefficient (Wildman–Crippen LogP) is 0.270. The third-order valence-electron chi connectivity index (χ3n) is 3.64. The number of amides is 1. The summed E-state index contributed by atoms with van der Waals surface area (Å²) in [5.41, 5.74) is -0.685. The number of rotatable bonds is 2. The summed E-state index contributed by atoms with van der Waals surface area (Å²) in [4.78, 5) is 14.1. The minimum Gasteiger partial charge on any atom is -0.368 e. The van der Waals surface area contributed by atoms with Gasteiger partial charge in [-0.2, -0.15) is 5.26 Å². The Balaban J connectivity index is 1.95. The Morgan fingerprint density at radius 3 is 2.76 bits per heavy atom. The summed E-state index contributed by atoms with van der Waals surface area (Å²) in [6.45, 7) is 2.35. The van der Waals surface area contributed by atoms with Crippen molar-refractivity contribution >= 4 is 5.91 Å². The van der Waals surface area contributed by atoms with Gasteiger partial charge in [0.2, 0.25) is 5.91 Å². The Morgan fingerprint density at radius 2 is 2.24 bits per heavy atom. The van der Waals surface area contributed by atoms with Gasteiger partial charge in [0.15, 0.2) is 0 Å². The maximum atomic E-state index is 12.0. The van der Waals surface area contributed by atoms with E-state index in [0.29, 0.717) is 19.4 Å². The second-order valence-corrected chi connectivity index (χ2v) is 4.99. The molecule has 0 saturated carbocycles. The van der Waals surface area contributed by atoms with Gasteiger partial charge in [0, 0.05) is 19.7 Å². The lowest BCUT2D eigenvalue weighted by atomic mass is 9.89. The third kappa shape index (κ3) is 2.76. The third-order valence-corrected chi connectivity index (χ3v) is 3.64. The lowest BCUT2D eigenvalue weighted by Crippen LogP contribution is -2.55. The molecule has 5 nitrogen and oxygen atoms in total. The molecule has 0 spiro atoms. The van der Waals surface area contributed by atoms with E-state index in [1.807, 2.05) is 7.05 Å². The van der Waals surface area contributed by atoms with Crippen LogP contribution in [0.3, 0.4) is 0 Å². The minimum atomic E-state index is -0.685. The van der Waals surface area contributed by atoms with Crippen molar-refractivity contribution in [1.82, 2.24) is 10.2 Å². The molecule has 0 aromatic rings. The van der Waals surface area contributed by atoms with Gasteiger partial charge < -0.3 is 15.0 Å². The first kappa shape index (κ1) is 12.3. The number of carbonyl (C=O) groups is 1. The highest BCUT2D eigenvalue weighted by Crippen LogP contribution is 2.22. The molecule has 5 heteroatoms. The Hall–Kier alpha value is -1.12. The van der Waals surface area contributed by atoms with Crippen molar-refractivity contribution in [1.29, 1.82) is 5.26 Å². The average molecular weight is 237 g/mol. The van der Waals surface area contributed by atoms with Gasteiger partial charge in [-0.05, 0) is 32.7 Å². The molecule has 1 atom stereocenters. The molecule has 2 aliphatic heterocycles. The van der Waals surface area contributed by atoms with E-state index in [4.69, 9.17) is 4.74 Å². The quantitative estimate of drug-likeness (QED) is 0.748. The van der Waals surface area contributed by atoms with E-state index in [-0.39, 0.29) is 12.0 Å². The number of carbonyl (C=O) groups excluding carboxylic acids is 1. The zero-order chi connectivity index (χ0) is 12.3. The van der Waals surface area contributed by atoms with E-state index in [2.05, 4.69) is 16.3 Å². The lowest BCUT2D eigenvalue weighted by Gasteiger charge is -2.36. The fourth-order valence-electron chi connectivity index (χ4n) is 2.37. The molecule has 0 aliphatic carbocycles. The molecule has 2 aliphatic rings. The van der Waals surface area contributed by atoms with Gasteiger partial charge in [0.1, 0.15) is 11.6 Å². The Kier molecular flexibility index (Phi) is 3.65. The van der Waals surface area contributed by atoms with Gasteiger partial charge in [-0.25, -0.2) is 0 Å². The van der Waals surface area contributed by atoms with Crippen LogP contribution in [0.2, 0.25) is 0 Å². The van der Waals surface area contributed by atoms with Crippen molar-refractivity contribution in [2.45, 2.75) is 37.3 Å². The molecule has 17 heavy (non-hydrogen) atoms. The van der Waals surface area contributed by atoms with Gasteiger partial charge in [0.05, 0.1) is 6.07 Å². The molecule has 2 fully saturated rings. The van der Waals surface area contributed by atoms with Crippen molar-refractivity contribution in [3.05, 3.63) is 0 Å². The predicted molar refractivity (Wildman–Crippen MR) is 62.2 cm³/mol. The zero-order valence-electron chi connectivity index (χ0n) is 10.2. The molecule has 0 radical (unpaired) electrons. The monoisotopic (exact) mass is 237 g/mol. The first-order chi connectivity index (χ1) is 8.15. The highest BCUT2D eigenvalue weighted by molar-refractivity contribution is 5.82. The summed E-state index contributed by atoms with van der Waals surface area (Å²) < 4.78 is 5.34. The molecule has 94 valence electrons. The molecule has 2 saturated heterocycles. The molecular formula is C12H19N3O2. The number of piperidine rings is 1. The standard InChI is InChI=1S/C12H19N3O2/c1-15-6-4-12(9-13,5-7-15)14-11(16)10-3-2-8-17-10/h10H,2-8H2,1H3,(H,14,16). The summed E-state index contributed by atoms with van der Waals surface area (Å²) in [6.07, 6.45) is 2.74. The van der Waals surface area contributed by atoms with Crippen molar-refractivity contribution in [3.8, 4) is 6.07 Å². The summed E-state index contributed by atoms with van der Waals surface area (Å²) in [5.74, 6) is -0.117. The largest absolute Gasteiger partial charge is 0.368 e. The Labute approximate surface area is 102 Å². The van der Waals surface area contributed by atoms with Crippen LogP contribution >= 0.6 is 0 Å². The van der Waals surface area contributed by atoms with Gasteiger partial charge in [-0.15, -0.1) is 0 Å². The van der Waals surface area contributed by atoms with Gasteiger partial charge in [-0.1, -0.05) is 0 Å². The van der Waals surface area contributed by atoms with E-state index < -0.39 is 5.54 Å². The SMILES string of the molecule is CN1CCC(C#N)(NC(=O)C2CCCO2)CC1. The number of nitrogens with zero attached hydrogens (tertiary/aromatic N) is 2. The van der Waals surface area contributed by atoms with Crippen LogP contribution in [-0.2, 0) is 9.53 Å².